The predicted molar refractivity (Wildman–Crippen MR) is 93.3 cm³/mol. The minimum Gasteiger partial charge on any atom is -0.496 e. The summed E-state index contributed by atoms with van der Waals surface area (Å²) in [6.07, 6.45) is 0. The van der Waals surface area contributed by atoms with E-state index in [0.29, 0.717) is 25.6 Å². The van der Waals surface area contributed by atoms with Crippen LogP contribution in [0.15, 0.2) is 29.3 Å². The van der Waals surface area contributed by atoms with Gasteiger partial charge in [0.2, 0.25) is 10.0 Å². The lowest BCUT2D eigenvalue weighted by atomic mass is 10.2. The maximum absolute atomic E-state index is 11.4. The fraction of sp³-hybridized carbons (Fsp3) is 0.533. The van der Waals surface area contributed by atoms with Crippen LogP contribution in [0, 0.1) is 0 Å². The molecule has 1 rings (SSSR count). The number of ether oxygens (including phenoxy) is 1. The lowest BCUT2D eigenvalue weighted by molar-refractivity contribution is 0.410. The van der Waals surface area contributed by atoms with E-state index >= 15 is 0 Å². The molecule has 8 heteroatoms. The molecule has 0 spiro atoms. The normalized spacial score (nSPS) is 12.0. The van der Waals surface area contributed by atoms with Gasteiger partial charge >= 0.3 is 0 Å². The number of aliphatic imine (C=N–C) groups is 1. The zero-order valence-electron chi connectivity index (χ0n) is 13.9. The van der Waals surface area contributed by atoms with Crippen LogP contribution in [0.3, 0.4) is 0 Å². The van der Waals surface area contributed by atoms with Gasteiger partial charge in [0, 0.05) is 25.2 Å². The SMILES string of the molecule is CCNC(=NCc1ccccc1OC)NCCNS(=O)(=O)CC. The minimum atomic E-state index is -3.16. The average molecular weight is 342 g/mol. The van der Waals surface area contributed by atoms with Crippen LogP contribution in [0.5, 0.6) is 5.75 Å². The van der Waals surface area contributed by atoms with Crippen molar-refractivity contribution in [2.75, 3.05) is 32.5 Å². The van der Waals surface area contributed by atoms with E-state index in [2.05, 4.69) is 20.3 Å². The Kier molecular flexibility index (Phi) is 8.42. The molecule has 0 unspecified atom stereocenters. The van der Waals surface area contributed by atoms with Crippen molar-refractivity contribution >= 4 is 16.0 Å². The molecule has 0 aliphatic heterocycles. The third-order valence-electron chi connectivity index (χ3n) is 3.06. The van der Waals surface area contributed by atoms with Crippen LogP contribution >= 0.6 is 0 Å². The zero-order valence-corrected chi connectivity index (χ0v) is 14.7. The number of hydrogen-bond acceptors (Lipinski definition) is 4. The van der Waals surface area contributed by atoms with Gasteiger partial charge in [-0.1, -0.05) is 18.2 Å². The maximum Gasteiger partial charge on any atom is 0.211 e. The Morgan fingerprint density at radius 1 is 1.17 bits per heavy atom. The van der Waals surface area contributed by atoms with Crippen LogP contribution in [0.4, 0.5) is 0 Å². The molecule has 0 bridgehead atoms. The molecule has 0 aliphatic rings. The number of hydrogen-bond donors (Lipinski definition) is 3. The Morgan fingerprint density at radius 3 is 2.57 bits per heavy atom. The van der Waals surface area contributed by atoms with E-state index in [1.807, 2.05) is 31.2 Å². The second-order valence-electron chi connectivity index (χ2n) is 4.73. The highest BCUT2D eigenvalue weighted by molar-refractivity contribution is 7.89. The number of para-hydroxylation sites is 1. The number of methoxy groups -OCH3 is 1. The summed E-state index contributed by atoms with van der Waals surface area (Å²) in [5.74, 6) is 1.51. The molecule has 0 atom stereocenters. The number of nitrogens with one attached hydrogen (secondary N) is 3. The van der Waals surface area contributed by atoms with Gasteiger partial charge in [-0.25, -0.2) is 18.1 Å². The Hall–Kier alpha value is -1.80. The molecule has 0 amide bonds. The maximum atomic E-state index is 11.4. The van der Waals surface area contributed by atoms with Gasteiger partial charge in [-0.05, 0) is 19.9 Å². The van der Waals surface area contributed by atoms with E-state index in [1.165, 1.54) is 0 Å². The van der Waals surface area contributed by atoms with Crippen molar-refractivity contribution in [3.05, 3.63) is 29.8 Å². The van der Waals surface area contributed by atoms with Gasteiger partial charge in [-0.2, -0.15) is 0 Å². The Bertz CT molecular complexity index is 602. The molecule has 0 fully saturated rings. The highest BCUT2D eigenvalue weighted by atomic mass is 32.2. The Labute approximate surface area is 138 Å². The van der Waals surface area contributed by atoms with Crippen LogP contribution in [0.2, 0.25) is 0 Å². The molecule has 23 heavy (non-hydrogen) atoms. The molecule has 1 aromatic rings. The van der Waals surface area contributed by atoms with Gasteiger partial charge in [0.05, 0.1) is 19.4 Å². The third kappa shape index (κ3) is 7.34. The van der Waals surface area contributed by atoms with E-state index in [0.717, 1.165) is 17.9 Å². The smallest absolute Gasteiger partial charge is 0.211 e. The fourth-order valence-corrected chi connectivity index (χ4v) is 2.45. The molecule has 7 nitrogen and oxygen atoms in total. The van der Waals surface area contributed by atoms with Crippen molar-refractivity contribution in [2.24, 2.45) is 4.99 Å². The van der Waals surface area contributed by atoms with Crippen LogP contribution in [-0.4, -0.2) is 46.9 Å². The van der Waals surface area contributed by atoms with Crippen molar-refractivity contribution < 1.29 is 13.2 Å². The van der Waals surface area contributed by atoms with E-state index in [-0.39, 0.29) is 5.75 Å². The molecular weight excluding hydrogens is 316 g/mol. The standard InChI is InChI=1S/C15H26N4O3S/c1-4-16-15(17-10-11-19-23(20,21)5-2)18-12-13-8-6-7-9-14(13)22-3/h6-9,19H,4-5,10-12H2,1-3H3,(H2,16,17,18). The van der Waals surface area contributed by atoms with Crippen molar-refractivity contribution in [1.29, 1.82) is 0 Å². The van der Waals surface area contributed by atoms with Gasteiger partial charge < -0.3 is 15.4 Å². The topological polar surface area (TPSA) is 91.8 Å². The van der Waals surface area contributed by atoms with E-state index in [4.69, 9.17) is 4.74 Å². The summed E-state index contributed by atoms with van der Waals surface area (Å²) >= 11 is 0. The summed E-state index contributed by atoms with van der Waals surface area (Å²) in [5, 5.41) is 6.22. The number of rotatable bonds is 9. The lowest BCUT2D eigenvalue weighted by Gasteiger charge is -2.12. The molecule has 0 saturated carbocycles. The van der Waals surface area contributed by atoms with Crippen molar-refractivity contribution in [3.63, 3.8) is 0 Å². The highest BCUT2D eigenvalue weighted by Crippen LogP contribution is 2.17. The van der Waals surface area contributed by atoms with Crippen LogP contribution < -0.4 is 20.1 Å². The number of benzene rings is 1. The summed E-state index contributed by atoms with van der Waals surface area (Å²) in [5.41, 5.74) is 0.985. The van der Waals surface area contributed by atoms with Gasteiger partial charge in [-0.3, -0.25) is 0 Å². The molecule has 0 radical (unpaired) electrons. The quantitative estimate of drug-likeness (QED) is 0.349. The molecule has 0 heterocycles. The fourth-order valence-electron chi connectivity index (χ4n) is 1.83. The summed E-state index contributed by atoms with van der Waals surface area (Å²) in [6, 6.07) is 7.70. The summed E-state index contributed by atoms with van der Waals surface area (Å²) in [6.45, 7) is 5.54. The summed E-state index contributed by atoms with van der Waals surface area (Å²) < 4.78 is 30.5. The Morgan fingerprint density at radius 2 is 1.91 bits per heavy atom. The van der Waals surface area contributed by atoms with Crippen LogP contribution in [0.25, 0.3) is 0 Å². The zero-order chi connectivity index (χ0) is 17.1. The van der Waals surface area contributed by atoms with Gasteiger partial charge in [0.1, 0.15) is 5.75 Å². The first-order valence-electron chi connectivity index (χ1n) is 7.63. The van der Waals surface area contributed by atoms with Gasteiger partial charge in [0.25, 0.3) is 0 Å². The lowest BCUT2D eigenvalue weighted by Crippen LogP contribution is -2.41. The first-order chi connectivity index (χ1) is 11.0. The molecule has 1 aromatic carbocycles. The van der Waals surface area contributed by atoms with Crippen molar-refractivity contribution in [2.45, 2.75) is 20.4 Å². The second kappa shape index (κ2) is 10.1. The average Bonchev–Trinajstić information content (AvgIpc) is 2.56. The highest BCUT2D eigenvalue weighted by Gasteiger charge is 2.05. The van der Waals surface area contributed by atoms with Crippen LogP contribution in [-0.2, 0) is 16.6 Å². The minimum absolute atomic E-state index is 0.0783. The molecule has 3 N–H and O–H groups in total. The largest absolute Gasteiger partial charge is 0.496 e. The number of sulfonamides is 1. The van der Waals surface area contributed by atoms with E-state index < -0.39 is 10.0 Å². The molecule has 0 aliphatic carbocycles. The second-order valence-corrected chi connectivity index (χ2v) is 6.83. The summed E-state index contributed by atoms with van der Waals surface area (Å²) in [4.78, 5) is 4.48. The van der Waals surface area contributed by atoms with Gasteiger partial charge in [-0.15, -0.1) is 0 Å². The van der Waals surface area contributed by atoms with E-state index in [9.17, 15) is 8.42 Å². The molecule has 0 aromatic heterocycles. The molecule has 130 valence electrons. The monoisotopic (exact) mass is 342 g/mol. The number of nitrogens with zero attached hydrogens (tertiary/aromatic N) is 1. The molecule has 0 saturated heterocycles. The van der Waals surface area contributed by atoms with E-state index in [1.54, 1.807) is 14.0 Å². The Balaban J connectivity index is 2.56. The predicted octanol–water partition coefficient (Wildman–Crippen LogP) is 0.690. The molecular formula is C15H26N4O3S. The van der Waals surface area contributed by atoms with Crippen LogP contribution in [0.1, 0.15) is 19.4 Å². The van der Waals surface area contributed by atoms with Crippen molar-refractivity contribution in [1.82, 2.24) is 15.4 Å². The first-order valence-corrected chi connectivity index (χ1v) is 9.29. The first kappa shape index (κ1) is 19.2. The van der Waals surface area contributed by atoms with Gasteiger partial charge in [0.15, 0.2) is 5.96 Å². The van der Waals surface area contributed by atoms with Crippen molar-refractivity contribution in [3.8, 4) is 5.75 Å². The summed E-state index contributed by atoms with van der Waals surface area (Å²) in [7, 11) is -1.53. The number of guanidine groups is 1. The third-order valence-corrected chi connectivity index (χ3v) is 4.47.